The summed E-state index contributed by atoms with van der Waals surface area (Å²) in [6.45, 7) is 7.05. The highest BCUT2D eigenvalue weighted by molar-refractivity contribution is 7.99. The molecule has 2 rings (SSSR count). The average molecular weight is 323 g/mol. The van der Waals surface area contributed by atoms with E-state index in [1.807, 2.05) is 6.07 Å². The van der Waals surface area contributed by atoms with Gasteiger partial charge in [-0.05, 0) is 26.6 Å². The minimum Gasteiger partial charge on any atom is -0.375 e. The van der Waals surface area contributed by atoms with Crippen LogP contribution in [0.1, 0.15) is 13.3 Å². The molecule has 122 valence electrons. The molecule has 0 spiro atoms. The van der Waals surface area contributed by atoms with Gasteiger partial charge in [0.25, 0.3) is 0 Å². The fraction of sp³-hybridized carbons (Fsp3) is 0.625. The summed E-state index contributed by atoms with van der Waals surface area (Å²) in [6.07, 6.45) is 6.34. The molecule has 0 amide bonds. The fourth-order valence-corrected chi connectivity index (χ4v) is 3.75. The molecule has 0 radical (unpaired) electrons. The van der Waals surface area contributed by atoms with Gasteiger partial charge in [0, 0.05) is 24.4 Å². The molecule has 1 fully saturated rings. The number of hydrogen-bond acceptors (Lipinski definition) is 6. The van der Waals surface area contributed by atoms with Gasteiger partial charge in [0.1, 0.15) is 5.44 Å². The summed E-state index contributed by atoms with van der Waals surface area (Å²) in [4.78, 5) is 10.9. The van der Waals surface area contributed by atoms with Crippen molar-refractivity contribution < 1.29 is 9.47 Å². The van der Waals surface area contributed by atoms with Gasteiger partial charge in [-0.1, -0.05) is 24.8 Å². The Morgan fingerprint density at radius 2 is 2.18 bits per heavy atom. The molecule has 5 nitrogen and oxygen atoms in total. The Bertz CT molecular complexity index is 458. The minimum absolute atomic E-state index is 0.0286. The maximum absolute atomic E-state index is 6.23. The zero-order valence-corrected chi connectivity index (χ0v) is 14.3. The number of thioether (sulfide) groups is 1. The zero-order chi connectivity index (χ0) is 15.9. The van der Waals surface area contributed by atoms with E-state index >= 15 is 0 Å². The third kappa shape index (κ3) is 4.78. The highest BCUT2D eigenvalue weighted by atomic mass is 32.2. The normalized spacial score (nSPS) is 28.7. The van der Waals surface area contributed by atoms with E-state index in [1.165, 1.54) is 0 Å². The quantitative estimate of drug-likeness (QED) is 0.436. The Labute approximate surface area is 137 Å². The van der Waals surface area contributed by atoms with Crippen molar-refractivity contribution in [1.29, 1.82) is 0 Å². The Hall–Kier alpha value is -0.950. The van der Waals surface area contributed by atoms with E-state index in [2.05, 4.69) is 42.5 Å². The summed E-state index contributed by atoms with van der Waals surface area (Å²) in [5.41, 5.74) is 0.0286. The summed E-state index contributed by atoms with van der Waals surface area (Å²) in [6, 6.07) is 2.27. The molecule has 0 bridgehead atoms. The first-order valence-corrected chi connectivity index (χ1v) is 8.44. The maximum atomic E-state index is 6.23. The van der Waals surface area contributed by atoms with Crippen molar-refractivity contribution in [1.82, 2.24) is 14.9 Å². The van der Waals surface area contributed by atoms with Gasteiger partial charge >= 0.3 is 0 Å². The molecule has 0 aliphatic carbocycles. The molecule has 0 N–H and O–H groups in total. The molecular weight excluding hydrogens is 298 g/mol. The topological polar surface area (TPSA) is 47.5 Å². The lowest BCUT2D eigenvalue weighted by Gasteiger charge is -2.42. The lowest BCUT2D eigenvalue weighted by atomic mass is 9.93. The first kappa shape index (κ1) is 17.4. The molecule has 1 aliphatic rings. The number of ether oxygens (including phenoxy) is 2. The molecule has 1 saturated heterocycles. The van der Waals surface area contributed by atoms with Crippen molar-refractivity contribution in [2.75, 3.05) is 27.3 Å². The molecule has 0 unspecified atom stereocenters. The van der Waals surface area contributed by atoms with Crippen molar-refractivity contribution in [3.8, 4) is 0 Å². The van der Waals surface area contributed by atoms with E-state index in [9.17, 15) is 0 Å². The molecule has 6 heteroatoms. The zero-order valence-electron chi connectivity index (χ0n) is 13.5. The van der Waals surface area contributed by atoms with Gasteiger partial charge in [0.15, 0.2) is 5.16 Å². The smallest absolute Gasteiger partial charge is 0.190 e. The summed E-state index contributed by atoms with van der Waals surface area (Å²) >= 11 is 1.59. The molecule has 0 saturated carbocycles. The van der Waals surface area contributed by atoms with Crippen LogP contribution in [0.5, 0.6) is 0 Å². The molecule has 2 heterocycles. The van der Waals surface area contributed by atoms with Crippen LogP contribution in [-0.2, 0) is 9.47 Å². The van der Waals surface area contributed by atoms with Gasteiger partial charge in [-0.15, -0.1) is 6.58 Å². The van der Waals surface area contributed by atoms with Crippen LogP contribution >= 0.6 is 11.8 Å². The lowest BCUT2D eigenvalue weighted by Crippen LogP contribution is -2.49. The Balaban J connectivity index is 2.03. The summed E-state index contributed by atoms with van der Waals surface area (Å²) in [5, 5.41) is 0.754. The Kier molecular flexibility index (Phi) is 6.82. The van der Waals surface area contributed by atoms with Crippen LogP contribution in [-0.4, -0.2) is 59.8 Å². The number of rotatable bonds is 7. The fourth-order valence-electron chi connectivity index (χ4n) is 2.69. The molecule has 22 heavy (non-hydrogen) atoms. The SMILES string of the molecule is C=CCOC[C@@H]1C[C@H](N(C)C)[C@@H](C)[C@H](Sc2ncccn2)O1. The van der Waals surface area contributed by atoms with Gasteiger partial charge in [-0.3, -0.25) is 0 Å². The summed E-state index contributed by atoms with van der Waals surface area (Å²) in [7, 11) is 4.24. The van der Waals surface area contributed by atoms with E-state index in [0.29, 0.717) is 25.2 Å². The predicted molar refractivity (Wildman–Crippen MR) is 88.8 cm³/mol. The van der Waals surface area contributed by atoms with Gasteiger partial charge in [0.2, 0.25) is 0 Å². The molecule has 1 aromatic heterocycles. The Morgan fingerprint density at radius 1 is 1.45 bits per heavy atom. The maximum Gasteiger partial charge on any atom is 0.190 e. The highest BCUT2D eigenvalue weighted by Crippen LogP contribution is 2.36. The largest absolute Gasteiger partial charge is 0.375 e. The second-order valence-electron chi connectivity index (χ2n) is 5.73. The van der Waals surface area contributed by atoms with Crippen LogP contribution < -0.4 is 0 Å². The predicted octanol–water partition coefficient (Wildman–Crippen LogP) is 2.45. The van der Waals surface area contributed by atoms with Crippen molar-refractivity contribution in [2.45, 2.75) is 36.1 Å². The van der Waals surface area contributed by atoms with Crippen LogP contribution in [0, 0.1) is 5.92 Å². The second kappa shape index (κ2) is 8.62. The van der Waals surface area contributed by atoms with Crippen LogP contribution in [0.3, 0.4) is 0 Å². The van der Waals surface area contributed by atoms with Crippen LogP contribution in [0.4, 0.5) is 0 Å². The van der Waals surface area contributed by atoms with Gasteiger partial charge in [0.05, 0.1) is 19.3 Å². The molecular formula is C16H25N3O2S. The molecule has 0 aromatic carbocycles. The van der Waals surface area contributed by atoms with Gasteiger partial charge in [-0.25, -0.2) is 9.97 Å². The van der Waals surface area contributed by atoms with E-state index in [4.69, 9.17) is 9.47 Å². The van der Waals surface area contributed by atoms with Crippen molar-refractivity contribution in [3.05, 3.63) is 31.1 Å². The number of nitrogens with zero attached hydrogens (tertiary/aromatic N) is 3. The van der Waals surface area contributed by atoms with E-state index in [-0.39, 0.29) is 11.5 Å². The average Bonchev–Trinajstić information content (AvgIpc) is 2.51. The standard InChI is InChI=1S/C16H25N3O2S/c1-5-9-20-11-13-10-14(19(3)4)12(2)15(21-13)22-16-17-7-6-8-18-16/h5-8,12-15H,1,9-11H2,2-4H3/t12-,13+,14+,15+/m1/s1. The first-order valence-electron chi connectivity index (χ1n) is 7.56. The number of hydrogen-bond donors (Lipinski definition) is 0. The monoisotopic (exact) mass is 323 g/mol. The third-order valence-electron chi connectivity index (χ3n) is 3.83. The van der Waals surface area contributed by atoms with Gasteiger partial charge in [-0.2, -0.15) is 0 Å². The van der Waals surface area contributed by atoms with Crippen LogP contribution in [0.15, 0.2) is 36.3 Å². The van der Waals surface area contributed by atoms with E-state index in [1.54, 1.807) is 30.2 Å². The Morgan fingerprint density at radius 3 is 2.82 bits per heavy atom. The van der Waals surface area contributed by atoms with Crippen molar-refractivity contribution in [3.63, 3.8) is 0 Å². The molecule has 1 aliphatic heterocycles. The van der Waals surface area contributed by atoms with Crippen LogP contribution in [0.25, 0.3) is 0 Å². The third-order valence-corrected chi connectivity index (χ3v) is 5.03. The number of aromatic nitrogens is 2. The van der Waals surface area contributed by atoms with Crippen LogP contribution in [0.2, 0.25) is 0 Å². The molecule has 1 aromatic rings. The summed E-state index contributed by atoms with van der Waals surface area (Å²) in [5.74, 6) is 0.388. The first-order chi connectivity index (χ1) is 10.6. The summed E-state index contributed by atoms with van der Waals surface area (Å²) < 4.78 is 11.8. The lowest BCUT2D eigenvalue weighted by molar-refractivity contribution is -0.0957. The highest BCUT2D eigenvalue weighted by Gasteiger charge is 2.38. The second-order valence-corrected chi connectivity index (χ2v) is 6.79. The van der Waals surface area contributed by atoms with Crippen molar-refractivity contribution >= 4 is 11.8 Å². The van der Waals surface area contributed by atoms with E-state index < -0.39 is 0 Å². The minimum atomic E-state index is 0.0286. The van der Waals surface area contributed by atoms with Gasteiger partial charge < -0.3 is 14.4 Å². The molecule has 4 atom stereocenters. The van der Waals surface area contributed by atoms with Crippen molar-refractivity contribution in [2.24, 2.45) is 5.92 Å². The van der Waals surface area contributed by atoms with E-state index in [0.717, 1.165) is 11.6 Å².